The summed E-state index contributed by atoms with van der Waals surface area (Å²) in [4.78, 5) is 0. The topological polar surface area (TPSA) is 66.5 Å². The van der Waals surface area contributed by atoms with Crippen LogP contribution in [0.15, 0.2) is 18.2 Å². The minimum Gasteiger partial charge on any atom is -0.508 e. The maximum atomic E-state index is 13.0. The Hall–Kier alpha value is -0.840. The summed E-state index contributed by atoms with van der Waals surface area (Å²) in [5, 5.41) is 19.4. The molecule has 1 unspecified atom stereocenters. The molecule has 1 aromatic rings. The predicted octanol–water partition coefficient (Wildman–Crippen LogP) is 2.36. The number of aromatic hydroxyl groups is 1. The van der Waals surface area contributed by atoms with E-state index in [1.54, 1.807) is 0 Å². The molecular formula is C12H19ClFNO2. The molecule has 5 heteroatoms. The highest BCUT2D eigenvalue weighted by Gasteiger charge is 2.24. The van der Waals surface area contributed by atoms with Gasteiger partial charge in [0.1, 0.15) is 11.6 Å². The van der Waals surface area contributed by atoms with Gasteiger partial charge in [-0.3, -0.25) is 0 Å². The molecule has 1 rings (SSSR count). The molecule has 0 saturated carbocycles. The lowest BCUT2D eigenvalue weighted by atomic mass is 9.91. The fourth-order valence-electron chi connectivity index (χ4n) is 1.57. The Labute approximate surface area is 107 Å². The zero-order valence-corrected chi connectivity index (χ0v) is 10.7. The molecule has 4 N–H and O–H groups in total. The average molecular weight is 264 g/mol. The molecule has 0 saturated heterocycles. The van der Waals surface area contributed by atoms with Gasteiger partial charge in [0.05, 0.1) is 12.1 Å². The summed E-state index contributed by atoms with van der Waals surface area (Å²) in [6.07, 6.45) is -0.0250. The zero-order valence-electron chi connectivity index (χ0n) is 9.93. The normalized spacial score (nSPS) is 15.8. The van der Waals surface area contributed by atoms with E-state index in [1.807, 2.05) is 13.8 Å². The summed E-state index contributed by atoms with van der Waals surface area (Å²) in [7, 11) is 0. The average Bonchev–Trinajstić information content (AvgIpc) is 2.29. The summed E-state index contributed by atoms with van der Waals surface area (Å²) in [6, 6.07) is 2.78. The van der Waals surface area contributed by atoms with Gasteiger partial charge in [-0.1, -0.05) is 20.3 Å². The first-order valence-electron chi connectivity index (χ1n) is 5.39. The van der Waals surface area contributed by atoms with Crippen molar-refractivity contribution in [3.63, 3.8) is 0 Å². The van der Waals surface area contributed by atoms with Gasteiger partial charge in [0.2, 0.25) is 0 Å². The van der Waals surface area contributed by atoms with Gasteiger partial charge < -0.3 is 15.9 Å². The Morgan fingerprint density at radius 1 is 1.41 bits per heavy atom. The number of phenols is 1. The van der Waals surface area contributed by atoms with Gasteiger partial charge in [-0.05, 0) is 24.1 Å². The molecule has 0 aliphatic carbocycles. The molecule has 0 heterocycles. The molecule has 0 spiro atoms. The first-order chi connectivity index (χ1) is 7.47. The van der Waals surface area contributed by atoms with Crippen LogP contribution in [-0.4, -0.2) is 16.3 Å². The molecule has 0 aromatic heterocycles. The Kier molecular flexibility index (Phi) is 6.45. The van der Waals surface area contributed by atoms with Crippen LogP contribution in [0.2, 0.25) is 0 Å². The standard InChI is InChI=1S/C12H18FNO2.ClH/c1-3-7(2)12(16)11(14)9-6-8(13)4-5-10(9)15;/h4-7,11-12,15-16H,3,14H2,1-2H3;1H/t7?,11-,12+;/m0./s1. The third-order valence-corrected chi connectivity index (χ3v) is 2.94. The number of hydrogen-bond acceptors (Lipinski definition) is 3. The van der Waals surface area contributed by atoms with Crippen molar-refractivity contribution in [2.75, 3.05) is 0 Å². The van der Waals surface area contributed by atoms with Crippen molar-refractivity contribution in [2.45, 2.75) is 32.4 Å². The fourth-order valence-corrected chi connectivity index (χ4v) is 1.57. The minimum absolute atomic E-state index is 0. The largest absolute Gasteiger partial charge is 0.508 e. The summed E-state index contributed by atoms with van der Waals surface area (Å²) in [6.45, 7) is 3.80. The molecule has 0 radical (unpaired) electrons. The summed E-state index contributed by atoms with van der Waals surface area (Å²) < 4.78 is 13.0. The van der Waals surface area contributed by atoms with E-state index < -0.39 is 18.0 Å². The van der Waals surface area contributed by atoms with E-state index in [0.29, 0.717) is 0 Å². The second kappa shape index (κ2) is 6.79. The van der Waals surface area contributed by atoms with E-state index in [2.05, 4.69) is 0 Å². The molecule has 0 fully saturated rings. The Balaban J connectivity index is 0.00000256. The van der Waals surface area contributed by atoms with Gasteiger partial charge in [-0.2, -0.15) is 0 Å². The van der Waals surface area contributed by atoms with E-state index in [9.17, 15) is 14.6 Å². The third-order valence-electron chi connectivity index (χ3n) is 2.94. The van der Waals surface area contributed by atoms with Gasteiger partial charge >= 0.3 is 0 Å². The number of hydrogen-bond donors (Lipinski definition) is 3. The molecule has 0 aliphatic heterocycles. The summed E-state index contributed by atoms with van der Waals surface area (Å²) >= 11 is 0. The van der Waals surface area contributed by atoms with Crippen LogP contribution in [0.25, 0.3) is 0 Å². The molecule has 1 aromatic carbocycles. The van der Waals surface area contributed by atoms with Crippen LogP contribution in [-0.2, 0) is 0 Å². The maximum Gasteiger partial charge on any atom is 0.123 e. The van der Waals surface area contributed by atoms with Gasteiger partial charge in [0.25, 0.3) is 0 Å². The van der Waals surface area contributed by atoms with Crippen molar-refractivity contribution in [1.82, 2.24) is 0 Å². The molecule has 17 heavy (non-hydrogen) atoms. The van der Waals surface area contributed by atoms with Gasteiger partial charge in [-0.15, -0.1) is 12.4 Å². The van der Waals surface area contributed by atoms with Gasteiger partial charge in [-0.25, -0.2) is 4.39 Å². The van der Waals surface area contributed by atoms with Crippen LogP contribution in [0.3, 0.4) is 0 Å². The van der Waals surface area contributed by atoms with Crippen molar-refractivity contribution in [3.8, 4) is 5.75 Å². The number of aliphatic hydroxyl groups is 1. The van der Waals surface area contributed by atoms with Crippen molar-refractivity contribution in [3.05, 3.63) is 29.6 Å². The second-order valence-electron chi connectivity index (χ2n) is 4.11. The summed E-state index contributed by atoms with van der Waals surface area (Å²) in [5.74, 6) is -0.562. The van der Waals surface area contributed by atoms with Crippen molar-refractivity contribution in [2.24, 2.45) is 11.7 Å². The minimum atomic E-state index is -0.794. The number of rotatable bonds is 4. The lowest BCUT2D eigenvalue weighted by Crippen LogP contribution is -2.31. The quantitative estimate of drug-likeness (QED) is 0.781. The number of nitrogens with two attached hydrogens (primary N) is 1. The first kappa shape index (κ1) is 16.2. The predicted molar refractivity (Wildman–Crippen MR) is 67.7 cm³/mol. The molecular weight excluding hydrogens is 245 g/mol. The van der Waals surface area contributed by atoms with Crippen LogP contribution in [0.4, 0.5) is 4.39 Å². The van der Waals surface area contributed by atoms with Crippen molar-refractivity contribution < 1.29 is 14.6 Å². The molecule has 3 atom stereocenters. The van der Waals surface area contributed by atoms with Crippen LogP contribution < -0.4 is 5.73 Å². The first-order valence-corrected chi connectivity index (χ1v) is 5.39. The number of benzene rings is 1. The molecule has 0 aliphatic rings. The summed E-state index contributed by atoms with van der Waals surface area (Å²) in [5.41, 5.74) is 6.05. The second-order valence-corrected chi connectivity index (χ2v) is 4.11. The Morgan fingerprint density at radius 2 is 2.00 bits per heavy atom. The fraction of sp³-hybridized carbons (Fsp3) is 0.500. The van der Waals surface area contributed by atoms with Crippen molar-refractivity contribution in [1.29, 1.82) is 0 Å². The maximum absolute atomic E-state index is 13.0. The molecule has 98 valence electrons. The zero-order chi connectivity index (χ0) is 12.3. The Morgan fingerprint density at radius 3 is 2.53 bits per heavy atom. The van der Waals surface area contributed by atoms with Gasteiger partial charge in [0.15, 0.2) is 0 Å². The number of phenolic OH excluding ortho intramolecular Hbond substituents is 1. The lowest BCUT2D eigenvalue weighted by Gasteiger charge is -2.24. The van der Waals surface area contributed by atoms with E-state index in [1.165, 1.54) is 6.07 Å². The van der Waals surface area contributed by atoms with E-state index in [0.717, 1.165) is 18.6 Å². The number of halogens is 2. The molecule has 3 nitrogen and oxygen atoms in total. The molecule has 0 bridgehead atoms. The van der Waals surface area contributed by atoms with Gasteiger partial charge in [0, 0.05) is 5.56 Å². The van der Waals surface area contributed by atoms with E-state index >= 15 is 0 Å². The van der Waals surface area contributed by atoms with Crippen LogP contribution >= 0.6 is 12.4 Å². The molecule has 0 amide bonds. The van der Waals surface area contributed by atoms with Crippen LogP contribution in [0, 0.1) is 11.7 Å². The van der Waals surface area contributed by atoms with Crippen molar-refractivity contribution >= 4 is 12.4 Å². The third kappa shape index (κ3) is 3.84. The SMILES string of the molecule is CCC(C)[C@@H](O)[C@@H](N)c1cc(F)ccc1O.Cl. The van der Waals surface area contributed by atoms with Crippen LogP contribution in [0.1, 0.15) is 31.9 Å². The number of aliphatic hydroxyl groups excluding tert-OH is 1. The Bertz CT molecular complexity index is 362. The smallest absolute Gasteiger partial charge is 0.123 e. The monoisotopic (exact) mass is 263 g/mol. The highest BCUT2D eigenvalue weighted by molar-refractivity contribution is 5.85. The highest BCUT2D eigenvalue weighted by atomic mass is 35.5. The lowest BCUT2D eigenvalue weighted by molar-refractivity contribution is 0.0870. The highest BCUT2D eigenvalue weighted by Crippen LogP contribution is 2.28. The van der Waals surface area contributed by atoms with E-state index in [4.69, 9.17) is 5.73 Å². The van der Waals surface area contributed by atoms with Crippen LogP contribution in [0.5, 0.6) is 5.75 Å². The van der Waals surface area contributed by atoms with E-state index in [-0.39, 0.29) is 29.6 Å².